The van der Waals surface area contributed by atoms with E-state index in [9.17, 15) is 19.8 Å². The van der Waals surface area contributed by atoms with Crippen molar-refractivity contribution in [3.8, 4) is 0 Å². The van der Waals surface area contributed by atoms with Gasteiger partial charge in [-0.15, -0.1) is 0 Å². The summed E-state index contributed by atoms with van der Waals surface area (Å²) in [6.45, 7) is 2.19. The fraction of sp³-hybridized carbons (Fsp3) is 0.900. The van der Waals surface area contributed by atoms with Crippen LogP contribution in [-0.4, -0.2) is 48.3 Å². The molecule has 0 aromatic carbocycles. The molecule has 0 heterocycles. The number of hydrogen-bond acceptors (Lipinski definition) is 8. The molecule has 0 rings (SSSR count). The fourth-order valence-electron chi connectivity index (χ4n) is 2.21. The normalized spacial score (nSPS) is 9.75. The molecule has 12 heteroatoms. The van der Waals surface area contributed by atoms with E-state index in [-0.39, 0.29) is 0 Å². The van der Waals surface area contributed by atoms with Crippen LogP contribution in [0.3, 0.4) is 0 Å². The Morgan fingerprint density at radius 3 is 1.19 bits per heavy atom. The summed E-state index contributed by atoms with van der Waals surface area (Å²) in [7, 11) is 0. The van der Waals surface area contributed by atoms with E-state index in [0.29, 0.717) is 0 Å². The molecule has 8 N–H and O–H groups in total. The van der Waals surface area contributed by atoms with E-state index in [1.165, 1.54) is 62.4 Å². The highest BCUT2D eigenvalue weighted by molar-refractivity contribution is 7.98. The number of unbranched alkanes of at least 4 members (excludes halogenated alkanes) is 9. The van der Waals surface area contributed by atoms with Crippen LogP contribution < -0.4 is 31.1 Å². The summed E-state index contributed by atoms with van der Waals surface area (Å²) in [6.07, 6.45) is 11.8. The van der Waals surface area contributed by atoms with Gasteiger partial charge in [-0.2, -0.15) is 25.3 Å². The number of hydrogen-bond donors (Lipinski definition) is 6. The molecular formula is C20H46N4O4S4. The predicted molar refractivity (Wildman–Crippen MR) is 141 cm³/mol. The highest BCUT2D eigenvalue weighted by Crippen LogP contribution is 2.05. The smallest absolute Gasteiger partial charge is 0.144 e. The zero-order valence-electron chi connectivity index (χ0n) is 19.5. The maximum absolute atomic E-state index is 9.88. The summed E-state index contributed by atoms with van der Waals surface area (Å²) in [5, 5.41) is 19.8. The van der Waals surface area contributed by atoms with Gasteiger partial charge in [0.25, 0.3) is 0 Å². The lowest BCUT2D eigenvalue weighted by Crippen LogP contribution is -2.50. The molecule has 0 aliphatic heterocycles. The lowest BCUT2D eigenvalue weighted by Gasteiger charge is -2.04. The van der Waals surface area contributed by atoms with Gasteiger partial charge in [0.1, 0.15) is 12.2 Å². The van der Waals surface area contributed by atoms with E-state index in [2.05, 4.69) is 46.2 Å². The van der Waals surface area contributed by atoms with Crippen LogP contribution in [0.5, 0.6) is 0 Å². The Morgan fingerprint density at radius 1 is 0.594 bits per heavy atom. The Morgan fingerprint density at radius 2 is 0.906 bits per heavy atom. The van der Waals surface area contributed by atoms with Crippen LogP contribution in [-0.2, 0) is 0 Å². The van der Waals surface area contributed by atoms with Gasteiger partial charge in [0.2, 0.25) is 0 Å². The van der Waals surface area contributed by atoms with Crippen molar-refractivity contribution in [2.24, 2.45) is 0 Å². The van der Waals surface area contributed by atoms with E-state index >= 15 is 0 Å². The zero-order valence-corrected chi connectivity index (χ0v) is 22.9. The second kappa shape index (κ2) is 35.4. The van der Waals surface area contributed by atoms with E-state index < -0.39 is 12.2 Å². The third-order valence-electron chi connectivity index (χ3n) is 3.87. The van der Waals surface area contributed by atoms with Crippen molar-refractivity contribution < 1.29 is 31.3 Å². The van der Waals surface area contributed by atoms with Gasteiger partial charge in [-0.05, 0) is 62.9 Å². The second-order valence-electron chi connectivity index (χ2n) is 6.87. The van der Waals surface area contributed by atoms with Crippen molar-refractivity contribution in [2.45, 2.75) is 77.0 Å². The molecule has 0 saturated carbocycles. The highest BCUT2D eigenvalue weighted by atomic mass is 32.2. The molecule has 0 atom stereocenters. The van der Waals surface area contributed by atoms with Gasteiger partial charge in [0, 0.05) is 11.5 Å². The number of carbonyl (C=O) groups is 2. The summed E-state index contributed by atoms with van der Waals surface area (Å²) in [4.78, 5) is 19.8. The Hall–Kier alpha value is -0.140. The first-order valence-electron chi connectivity index (χ1n) is 11.4. The van der Waals surface area contributed by atoms with Crippen molar-refractivity contribution in [1.82, 2.24) is 9.44 Å². The predicted octanol–water partition coefficient (Wildman–Crippen LogP) is 1.15. The summed E-state index contributed by atoms with van der Waals surface area (Å²) in [5.74, 6) is 3.51. The van der Waals surface area contributed by atoms with Crippen LogP contribution in [0.2, 0.25) is 0 Å². The Balaban J connectivity index is -0.000000404. The number of amides is 2. The van der Waals surface area contributed by atoms with Gasteiger partial charge in [-0.3, -0.25) is 0 Å². The summed E-state index contributed by atoms with van der Waals surface area (Å²) < 4.78 is 4.29. The van der Waals surface area contributed by atoms with Crippen molar-refractivity contribution >= 4 is 61.3 Å². The molecule has 0 unspecified atom stereocenters. The van der Waals surface area contributed by atoms with Crippen molar-refractivity contribution in [3.05, 3.63) is 0 Å². The standard InChI is InChI=1S/2C7H15NO2S2.C6H16N2/c2*9-7(10)8-12-6-4-2-1-3-5-11;7-5-3-1-2-4-6-8/h2*8,11H,1-6H2,(H,9,10);1-8H2. The Kier molecular flexibility index (Phi) is 40.4. The lowest BCUT2D eigenvalue weighted by molar-refractivity contribution is -0.371. The molecule has 0 saturated heterocycles. The third kappa shape index (κ3) is 47.6. The first-order valence-corrected chi connectivity index (χ1v) is 14.7. The van der Waals surface area contributed by atoms with Gasteiger partial charge in [0.05, 0.1) is 13.1 Å². The zero-order chi connectivity index (χ0) is 24.7. The molecule has 0 aromatic heterocycles. The Labute approximate surface area is 214 Å². The second-order valence-corrected chi connectivity index (χ2v) is 9.57. The number of rotatable bonds is 19. The number of carbonyl (C=O) groups excluding carboxylic acids is 2. The molecule has 0 fully saturated rings. The summed E-state index contributed by atoms with van der Waals surface area (Å²) in [5.41, 5.74) is 7.54. The minimum absolute atomic E-state index is 0.820. The Bertz CT molecular complexity index is 354. The molecule has 8 nitrogen and oxygen atoms in total. The number of carboxylic acid groups (broad SMARTS) is 2. The number of nitrogens with one attached hydrogen (secondary N) is 2. The fourth-order valence-corrected chi connectivity index (χ4v) is 3.79. The quantitative estimate of drug-likeness (QED) is 0.0828. The maximum Gasteiger partial charge on any atom is 0.144 e. The van der Waals surface area contributed by atoms with E-state index in [4.69, 9.17) is 0 Å². The molecular weight excluding hydrogens is 489 g/mol. The summed E-state index contributed by atoms with van der Waals surface area (Å²) in [6, 6.07) is 0. The van der Waals surface area contributed by atoms with Gasteiger partial charge < -0.3 is 40.7 Å². The molecule has 0 spiro atoms. The topological polar surface area (TPSA) is 160 Å². The minimum Gasteiger partial charge on any atom is -0.529 e. The van der Waals surface area contributed by atoms with Crippen LogP contribution in [0, 0.1) is 0 Å². The number of quaternary nitrogens is 2. The molecule has 32 heavy (non-hydrogen) atoms. The van der Waals surface area contributed by atoms with E-state index in [1.54, 1.807) is 0 Å². The van der Waals surface area contributed by atoms with Gasteiger partial charge >= 0.3 is 0 Å². The van der Waals surface area contributed by atoms with Crippen molar-refractivity contribution in [3.63, 3.8) is 0 Å². The monoisotopic (exact) mass is 534 g/mol. The van der Waals surface area contributed by atoms with E-state index in [1.807, 2.05) is 0 Å². The molecule has 2 amide bonds. The van der Waals surface area contributed by atoms with E-state index in [0.717, 1.165) is 74.6 Å². The van der Waals surface area contributed by atoms with Crippen molar-refractivity contribution in [2.75, 3.05) is 36.1 Å². The molecule has 0 bridgehead atoms. The first-order chi connectivity index (χ1) is 15.5. The van der Waals surface area contributed by atoms with Crippen LogP contribution in [0.15, 0.2) is 0 Å². The lowest BCUT2D eigenvalue weighted by atomic mass is 10.2. The molecule has 0 aromatic rings. The molecule has 0 radical (unpaired) electrons. The maximum atomic E-state index is 9.88. The first kappa shape index (κ1) is 36.4. The molecule has 0 aliphatic carbocycles. The van der Waals surface area contributed by atoms with Gasteiger partial charge in [-0.25, -0.2) is 0 Å². The van der Waals surface area contributed by atoms with Crippen LogP contribution in [0.4, 0.5) is 9.59 Å². The molecule has 0 aliphatic rings. The average Bonchev–Trinajstić information content (AvgIpc) is 2.76. The van der Waals surface area contributed by atoms with Crippen LogP contribution >= 0.6 is 49.2 Å². The van der Waals surface area contributed by atoms with Gasteiger partial charge in [-0.1, -0.05) is 49.6 Å². The average molecular weight is 535 g/mol. The third-order valence-corrected chi connectivity index (χ3v) is 6.11. The summed E-state index contributed by atoms with van der Waals surface area (Å²) >= 11 is 10.6. The van der Waals surface area contributed by atoms with Gasteiger partial charge in [0.15, 0.2) is 0 Å². The van der Waals surface area contributed by atoms with Crippen LogP contribution in [0.25, 0.3) is 0 Å². The van der Waals surface area contributed by atoms with Crippen molar-refractivity contribution in [1.29, 1.82) is 0 Å². The van der Waals surface area contributed by atoms with Crippen LogP contribution in [0.1, 0.15) is 77.0 Å². The number of thiol groups is 2. The SMILES string of the molecule is O=C([O-])NSCCCCCCS.O=C([O-])NSCCCCCCS.[NH3+]CCCCCC[NH3+]. The highest BCUT2D eigenvalue weighted by Gasteiger charge is 1.91. The largest absolute Gasteiger partial charge is 0.529 e. The molecule has 194 valence electrons. The minimum atomic E-state index is -1.21.